The highest BCUT2D eigenvalue weighted by Gasteiger charge is 2.27. The Bertz CT molecular complexity index is 849. The highest BCUT2D eigenvalue weighted by Crippen LogP contribution is 2.30. The average Bonchev–Trinajstić information content (AvgIpc) is 3.13. The lowest BCUT2D eigenvalue weighted by Gasteiger charge is -2.31. The number of nitrogens with one attached hydrogen (secondary N) is 1. The van der Waals surface area contributed by atoms with Gasteiger partial charge in [-0.25, -0.2) is 9.78 Å². The number of aromatic nitrogens is 1. The van der Waals surface area contributed by atoms with E-state index in [2.05, 4.69) is 10.3 Å². The number of carbonyl (C=O) groups is 1. The van der Waals surface area contributed by atoms with Gasteiger partial charge in [-0.1, -0.05) is 42.5 Å². The molecule has 3 aromatic rings. The number of hydrogen-bond donors (Lipinski definition) is 1. The van der Waals surface area contributed by atoms with Gasteiger partial charge in [-0.3, -0.25) is 0 Å². The Morgan fingerprint density at radius 3 is 2.54 bits per heavy atom. The van der Waals surface area contributed by atoms with Crippen LogP contribution in [0.1, 0.15) is 43.2 Å². The van der Waals surface area contributed by atoms with Crippen molar-refractivity contribution >= 4 is 17.1 Å². The third-order valence-electron chi connectivity index (χ3n) is 5.08. The fraction of sp³-hybridized carbons (Fsp3) is 0.333. The monoisotopic (exact) mass is 349 g/mol. The van der Waals surface area contributed by atoms with E-state index in [1.165, 1.54) is 0 Å². The van der Waals surface area contributed by atoms with Crippen molar-refractivity contribution in [2.75, 3.05) is 13.1 Å². The molecular weight excluding hydrogens is 326 g/mol. The van der Waals surface area contributed by atoms with E-state index >= 15 is 0 Å². The number of likely N-dealkylation sites (tertiary alicyclic amines) is 1. The number of rotatable bonds is 3. The molecular formula is C21H23N3O2. The number of para-hydroxylation sites is 2. The molecule has 1 unspecified atom stereocenters. The maximum atomic E-state index is 12.5. The van der Waals surface area contributed by atoms with Gasteiger partial charge in [-0.2, -0.15) is 0 Å². The normalized spacial score (nSPS) is 16.6. The van der Waals surface area contributed by atoms with Gasteiger partial charge in [-0.05, 0) is 37.5 Å². The van der Waals surface area contributed by atoms with E-state index in [-0.39, 0.29) is 18.0 Å². The lowest BCUT2D eigenvalue weighted by molar-refractivity contribution is 0.174. The van der Waals surface area contributed by atoms with Gasteiger partial charge in [0.1, 0.15) is 5.52 Å². The molecule has 1 aromatic heterocycles. The lowest BCUT2D eigenvalue weighted by Crippen LogP contribution is -2.44. The summed E-state index contributed by atoms with van der Waals surface area (Å²) >= 11 is 0. The Balaban J connectivity index is 1.35. The number of fused-ring (bicyclic) bond motifs is 1. The fourth-order valence-corrected chi connectivity index (χ4v) is 3.50. The van der Waals surface area contributed by atoms with Crippen LogP contribution in [0, 0.1) is 0 Å². The number of benzene rings is 2. The first-order valence-corrected chi connectivity index (χ1v) is 9.16. The van der Waals surface area contributed by atoms with Crippen molar-refractivity contribution in [1.29, 1.82) is 0 Å². The summed E-state index contributed by atoms with van der Waals surface area (Å²) in [5.41, 5.74) is 2.85. The van der Waals surface area contributed by atoms with Crippen LogP contribution in [0.15, 0.2) is 59.0 Å². The smallest absolute Gasteiger partial charge is 0.317 e. The van der Waals surface area contributed by atoms with Crippen molar-refractivity contribution in [3.05, 3.63) is 66.1 Å². The zero-order chi connectivity index (χ0) is 17.9. The van der Waals surface area contributed by atoms with Gasteiger partial charge in [0, 0.05) is 19.0 Å². The summed E-state index contributed by atoms with van der Waals surface area (Å²) in [7, 11) is 0. The van der Waals surface area contributed by atoms with E-state index in [0.717, 1.165) is 48.5 Å². The van der Waals surface area contributed by atoms with Crippen LogP contribution in [0.3, 0.4) is 0 Å². The quantitative estimate of drug-likeness (QED) is 0.758. The van der Waals surface area contributed by atoms with Gasteiger partial charge in [-0.15, -0.1) is 0 Å². The summed E-state index contributed by atoms with van der Waals surface area (Å²) in [4.78, 5) is 19.0. The van der Waals surface area contributed by atoms with Crippen molar-refractivity contribution in [1.82, 2.24) is 15.2 Å². The topological polar surface area (TPSA) is 58.4 Å². The average molecular weight is 349 g/mol. The number of hydrogen-bond acceptors (Lipinski definition) is 3. The van der Waals surface area contributed by atoms with Gasteiger partial charge >= 0.3 is 6.03 Å². The summed E-state index contributed by atoms with van der Waals surface area (Å²) in [6, 6.07) is 17.9. The predicted molar refractivity (Wildman–Crippen MR) is 101 cm³/mol. The molecule has 4 rings (SSSR count). The molecule has 5 nitrogen and oxygen atoms in total. The molecule has 0 saturated carbocycles. The van der Waals surface area contributed by atoms with Gasteiger partial charge in [0.05, 0.1) is 6.04 Å². The first kappa shape index (κ1) is 16.6. The van der Waals surface area contributed by atoms with Crippen molar-refractivity contribution in [2.45, 2.75) is 31.7 Å². The number of carbonyl (C=O) groups excluding carboxylic acids is 1. The van der Waals surface area contributed by atoms with Gasteiger partial charge in [0.2, 0.25) is 0 Å². The number of nitrogens with zero attached hydrogens (tertiary/aromatic N) is 2. The van der Waals surface area contributed by atoms with Crippen molar-refractivity contribution < 1.29 is 9.21 Å². The molecule has 0 aliphatic carbocycles. The Morgan fingerprint density at radius 2 is 1.81 bits per heavy atom. The second kappa shape index (κ2) is 7.20. The van der Waals surface area contributed by atoms with Crippen LogP contribution in [-0.4, -0.2) is 29.0 Å². The van der Waals surface area contributed by atoms with E-state index in [1.807, 2.05) is 66.4 Å². The molecule has 26 heavy (non-hydrogen) atoms. The van der Waals surface area contributed by atoms with Crippen molar-refractivity contribution in [2.24, 2.45) is 0 Å². The van der Waals surface area contributed by atoms with Crippen LogP contribution in [0.5, 0.6) is 0 Å². The molecule has 134 valence electrons. The molecule has 2 amide bonds. The third-order valence-corrected chi connectivity index (χ3v) is 5.08. The van der Waals surface area contributed by atoms with Gasteiger partial charge < -0.3 is 14.6 Å². The van der Waals surface area contributed by atoms with E-state index in [0.29, 0.717) is 0 Å². The van der Waals surface area contributed by atoms with Crippen LogP contribution in [-0.2, 0) is 0 Å². The maximum Gasteiger partial charge on any atom is 0.317 e. The minimum absolute atomic E-state index is 0.00142. The van der Waals surface area contributed by atoms with E-state index in [9.17, 15) is 4.79 Å². The molecule has 0 bridgehead atoms. The number of urea groups is 1. The largest absolute Gasteiger partial charge is 0.440 e. The second-order valence-electron chi connectivity index (χ2n) is 6.86. The minimum atomic E-state index is -0.00244. The molecule has 5 heteroatoms. The summed E-state index contributed by atoms with van der Waals surface area (Å²) in [5.74, 6) is 1.07. The maximum absolute atomic E-state index is 12.5. The van der Waals surface area contributed by atoms with Crippen molar-refractivity contribution in [3.8, 4) is 0 Å². The first-order valence-electron chi connectivity index (χ1n) is 9.16. The number of amides is 2. The van der Waals surface area contributed by atoms with Gasteiger partial charge in [0.15, 0.2) is 11.5 Å². The molecule has 0 radical (unpaired) electrons. The number of oxazole rings is 1. The Kier molecular flexibility index (Phi) is 4.61. The standard InChI is InChI=1S/C21H23N3O2/c1-15(16-7-3-2-4-8-16)22-21(25)24-13-11-17(12-14-24)20-23-18-9-5-6-10-19(18)26-20/h2-10,15,17H,11-14H2,1H3,(H,22,25). The lowest BCUT2D eigenvalue weighted by atomic mass is 9.97. The Labute approximate surface area is 153 Å². The molecule has 1 N–H and O–H groups in total. The van der Waals surface area contributed by atoms with Gasteiger partial charge in [0.25, 0.3) is 0 Å². The second-order valence-corrected chi connectivity index (χ2v) is 6.86. The number of piperidine rings is 1. The molecule has 1 aliphatic heterocycles. The molecule has 1 aliphatic rings. The van der Waals surface area contributed by atoms with Crippen LogP contribution in [0.2, 0.25) is 0 Å². The summed E-state index contributed by atoms with van der Waals surface area (Å²) in [6.07, 6.45) is 1.75. The Hall–Kier alpha value is -2.82. The summed E-state index contributed by atoms with van der Waals surface area (Å²) < 4.78 is 5.90. The summed E-state index contributed by atoms with van der Waals surface area (Å²) in [6.45, 7) is 3.45. The fourth-order valence-electron chi connectivity index (χ4n) is 3.50. The zero-order valence-corrected chi connectivity index (χ0v) is 14.9. The summed E-state index contributed by atoms with van der Waals surface area (Å²) in [5, 5.41) is 3.09. The van der Waals surface area contributed by atoms with Crippen LogP contribution < -0.4 is 5.32 Å². The van der Waals surface area contributed by atoms with Crippen molar-refractivity contribution in [3.63, 3.8) is 0 Å². The molecule has 2 aromatic carbocycles. The SMILES string of the molecule is CC(NC(=O)N1CCC(c2nc3ccccc3o2)CC1)c1ccccc1. The highest BCUT2D eigenvalue weighted by molar-refractivity contribution is 5.75. The molecule has 1 atom stereocenters. The van der Waals surface area contributed by atoms with E-state index in [1.54, 1.807) is 0 Å². The Morgan fingerprint density at radius 1 is 1.12 bits per heavy atom. The molecule has 2 heterocycles. The van der Waals surface area contributed by atoms with E-state index < -0.39 is 0 Å². The third kappa shape index (κ3) is 3.43. The van der Waals surface area contributed by atoms with Crippen LogP contribution in [0.25, 0.3) is 11.1 Å². The zero-order valence-electron chi connectivity index (χ0n) is 14.9. The molecule has 1 fully saturated rings. The van der Waals surface area contributed by atoms with Crippen LogP contribution in [0.4, 0.5) is 4.79 Å². The van der Waals surface area contributed by atoms with Crippen LogP contribution >= 0.6 is 0 Å². The predicted octanol–water partition coefficient (Wildman–Crippen LogP) is 4.48. The highest BCUT2D eigenvalue weighted by atomic mass is 16.3. The minimum Gasteiger partial charge on any atom is -0.440 e. The first-order chi connectivity index (χ1) is 12.7. The molecule has 1 saturated heterocycles. The van der Waals surface area contributed by atoms with E-state index in [4.69, 9.17) is 4.42 Å². The molecule has 0 spiro atoms.